The number of hydrogen-bond acceptors (Lipinski definition) is 5. The number of hydrazone groups is 1. The number of carbonyl (C=O) groups excluding carboxylic acids is 1. The molecule has 0 saturated heterocycles. The van der Waals surface area contributed by atoms with Gasteiger partial charge in [-0.25, -0.2) is 9.82 Å². The molecule has 0 heterocycles. The number of amides is 1. The SMILES string of the molecule is CCOc1ccc(OCc2ccc(C(=O)NN=C(CC)c3cc(F)ccc3O)cc2)cc1. The highest BCUT2D eigenvalue weighted by Gasteiger charge is 2.11. The molecule has 3 rings (SSSR count). The minimum atomic E-state index is -0.492. The van der Waals surface area contributed by atoms with Gasteiger partial charge in [-0.2, -0.15) is 5.10 Å². The second kappa shape index (κ2) is 10.9. The van der Waals surface area contributed by atoms with Crippen LogP contribution in [0, 0.1) is 5.82 Å². The molecule has 3 aromatic carbocycles. The van der Waals surface area contributed by atoms with Crippen molar-refractivity contribution in [1.29, 1.82) is 0 Å². The van der Waals surface area contributed by atoms with Gasteiger partial charge in [-0.15, -0.1) is 0 Å². The molecule has 0 aromatic heterocycles. The zero-order chi connectivity index (χ0) is 22.9. The molecule has 0 spiro atoms. The maximum Gasteiger partial charge on any atom is 0.271 e. The normalized spacial score (nSPS) is 11.2. The zero-order valence-electron chi connectivity index (χ0n) is 18.0. The first kappa shape index (κ1) is 22.8. The van der Waals surface area contributed by atoms with Crippen molar-refractivity contribution in [3.05, 3.63) is 89.2 Å². The molecule has 0 unspecified atom stereocenters. The number of benzene rings is 3. The fourth-order valence-electron chi connectivity index (χ4n) is 2.97. The van der Waals surface area contributed by atoms with Crippen molar-refractivity contribution in [2.24, 2.45) is 5.10 Å². The van der Waals surface area contributed by atoms with Crippen LogP contribution in [0.4, 0.5) is 4.39 Å². The Labute approximate surface area is 186 Å². The first-order chi connectivity index (χ1) is 15.5. The van der Waals surface area contributed by atoms with E-state index in [1.165, 1.54) is 12.1 Å². The van der Waals surface area contributed by atoms with Crippen molar-refractivity contribution < 1.29 is 23.8 Å². The van der Waals surface area contributed by atoms with Gasteiger partial charge in [-0.1, -0.05) is 19.1 Å². The third kappa shape index (κ3) is 6.07. The summed E-state index contributed by atoms with van der Waals surface area (Å²) < 4.78 is 24.7. The summed E-state index contributed by atoms with van der Waals surface area (Å²) >= 11 is 0. The summed E-state index contributed by atoms with van der Waals surface area (Å²) in [5.41, 5.74) is 4.39. The van der Waals surface area contributed by atoms with Gasteiger partial charge in [0.2, 0.25) is 0 Å². The number of rotatable bonds is 9. The maximum atomic E-state index is 13.5. The second-order valence-corrected chi connectivity index (χ2v) is 6.90. The Morgan fingerprint density at radius 3 is 2.25 bits per heavy atom. The molecule has 166 valence electrons. The quantitative estimate of drug-likeness (QED) is 0.363. The lowest BCUT2D eigenvalue weighted by atomic mass is 10.1. The lowest BCUT2D eigenvalue weighted by molar-refractivity contribution is 0.0954. The molecule has 0 aliphatic rings. The molecule has 0 aliphatic carbocycles. The summed E-state index contributed by atoms with van der Waals surface area (Å²) in [6.07, 6.45) is 0.402. The van der Waals surface area contributed by atoms with Gasteiger partial charge in [-0.3, -0.25) is 4.79 Å². The van der Waals surface area contributed by atoms with Gasteiger partial charge in [0.25, 0.3) is 5.91 Å². The number of nitrogens with one attached hydrogen (secondary N) is 1. The highest BCUT2D eigenvalue weighted by atomic mass is 19.1. The van der Waals surface area contributed by atoms with Gasteiger partial charge in [0, 0.05) is 11.1 Å². The standard InChI is InChI=1S/C25H25FN2O4/c1-3-23(22-15-19(26)9-14-24(22)29)27-28-25(30)18-7-5-17(6-8-18)16-32-21-12-10-20(11-13-21)31-4-2/h5-15,29H,3-4,16H2,1-2H3,(H,28,30). The summed E-state index contributed by atoms with van der Waals surface area (Å²) in [7, 11) is 0. The van der Waals surface area contributed by atoms with E-state index in [1.54, 1.807) is 31.2 Å². The van der Waals surface area contributed by atoms with Crippen LogP contribution < -0.4 is 14.9 Å². The number of halogens is 1. The third-order valence-corrected chi connectivity index (χ3v) is 4.65. The van der Waals surface area contributed by atoms with Crippen LogP contribution in [0.3, 0.4) is 0 Å². The van der Waals surface area contributed by atoms with Crippen molar-refractivity contribution in [2.75, 3.05) is 6.61 Å². The molecule has 32 heavy (non-hydrogen) atoms. The molecule has 0 aliphatic heterocycles. The number of phenols is 1. The van der Waals surface area contributed by atoms with Gasteiger partial charge < -0.3 is 14.6 Å². The molecule has 0 saturated carbocycles. The van der Waals surface area contributed by atoms with E-state index in [0.29, 0.717) is 30.9 Å². The number of ether oxygens (including phenoxy) is 2. The van der Waals surface area contributed by atoms with Gasteiger partial charge in [-0.05, 0) is 73.5 Å². The molecule has 7 heteroatoms. The van der Waals surface area contributed by atoms with Crippen LogP contribution in [-0.4, -0.2) is 23.3 Å². The minimum Gasteiger partial charge on any atom is -0.507 e. The monoisotopic (exact) mass is 436 g/mol. The third-order valence-electron chi connectivity index (χ3n) is 4.65. The Balaban J connectivity index is 1.59. The molecule has 2 N–H and O–H groups in total. The fraction of sp³-hybridized carbons (Fsp3) is 0.200. The number of aromatic hydroxyl groups is 1. The van der Waals surface area contributed by atoms with E-state index in [4.69, 9.17) is 9.47 Å². The van der Waals surface area contributed by atoms with Gasteiger partial charge >= 0.3 is 0 Å². The van der Waals surface area contributed by atoms with E-state index >= 15 is 0 Å². The molecular formula is C25H25FN2O4. The maximum absolute atomic E-state index is 13.5. The molecular weight excluding hydrogens is 411 g/mol. The average Bonchev–Trinajstić information content (AvgIpc) is 2.81. The minimum absolute atomic E-state index is 0.0990. The molecule has 0 fully saturated rings. The van der Waals surface area contributed by atoms with E-state index in [-0.39, 0.29) is 11.3 Å². The molecule has 0 atom stereocenters. The van der Waals surface area contributed by atoms with Gasteiger partial charge in [0.05, 0.1) is 12.3 Å². The Kier molecular flexibility index (Phi) is 7.80. The lowest BCUT2D eigenvalue weighted by Gasteiger charge is -2.09. The van der Waals surface area contributed by atoms with Crippen LogP contribution >= 0.6 is 0 Å². The van der Waals surface area contributed by atoms with Crippen molar-refractivity contribution in [3.8, 4) is 17.2 Å². The Hall–Kier alpha value is -3.87. The fourth-order valence-corrected chi connectivity index (χ4v) is 2.97. The summed E-state index contributed by atoms with van der Waals surface area (Å²) in [5, 5.41) is 14.0. The molecule has 0 bridgehead atoms. The number of carbonyl (C=O) groups is 1. The molecule has 3 aromatic rings. The van der Waals surface area contributed by atoms with E-state index in [0.717, 1.165) is 23.1 Å². The van der Waals surface area contributed by atoms with Crippen molar-refractivity contribution in [1.82, 2.24) is 5.43 Å². The van der Waals surface area contributed by atoms with Crippen LogP contribution in [0.1, 0.15) is 41.8 Å². The second-order valence-electron chi connectivity index (χ2n) is 6.90. The van der Waals surface area contributed by atoms with Gasteiger partial charge in [0.1, 0.15) is 29.7 Å². The summed E-state index contributed by atoms with van der Waals surface area (Å²) in [6.45, 7) is 4.69. The Morgan fingerprint density at radius 2 is 1.62 bits per heavy atom. The number of phenolic OH excluding ortho intramolecular Hbond substituents is 1. The number of nitrogens with zero attached hydrogens (tertiary/aromatic N) is 1. The highest BCUT2D eigenvalue weighted by molar-refractivity contribution is 6.04. The zero-order valence-corrected chi connectivity index (χ0v) is 18.0. The van der Waals surface area contributed by atoms with Crippen LogP contribution in [0.15, 0.2) is 71.8 Å². The largest absolute Gasteiger partial charge is 0.507 e. The summed E-state index contributed by atoms with van der Waals surface area (Å²) in [4.78, 5) is 12.4. The van der Waals surface area contributed by atoms with Gasteiger partial charge in [0.15, 0.2) is 0 Å². The lowest BCUT2D eigenvalue weighted by Crippen LogP contribution is -2.20. The van der Waals surface area contributed by atoms with E-state index < -0.39 is 11.7 Å². The molecule has 0 radical (unpaired) electrons. The predicted octanol–water partition coefficient (Wildman–Crippen LogP) is 5.05. The van der Waals surface area contributed by atoms with Crippen LogP contribution in [0.2, 0.25) is 0 Å². The van der Waals surface area contributed by atoms with E-state index in [9.17, 15) is 14.3 Å². The predicted molar refractivity (Wildman–Crippen MR) is 121 cm³/mol. The smallest absolute Gasteiger partial charge is 0.271 e. The molecule has 6 nitrogen and oxygen atoms in total. The first-order valence-corrected chi connectivity index (χ1v) is 10.3. The first-order valence-electron chi connectivity index (χ1n) is 10.3. The topological polar surface area (TPSA) is 80.2 Å². The van der Waals surface area contributed by atoms with E-state index in [2.05, 4.69) is 10.5 Å². The van der Waals surface area contributed by atoms with E-state index in [1.807, 2.05) is 31.2 Å². The highest BCUT2D eigenvalue weighted by Crippen LogP contribution is 2.20. The van der Waals surface area contributed by atoms with Crippen molar-refractivity contribution in [2.45, 2.75) is 26.9 Å². The molecule has 1 amide bonds. The number of hydrogen-bond donors (Lipinski definition) is 2. The van der Waals surface area contributed by atoms with Crippen molar-refractivity contribution >= 4 is 11.6 Å². The van der Waals surface area contributed by atoms with Crippen LogP contribution in [0.5, 0.6) is 17.2 Å². The van der Waals surface area contributed by atoms with Crippen LogP contribution in [0.25, 0.3) is 0 Å². The van der Waals surface area contributed by atoms with Crippen LogP contribution in [-0.2, 0) is 6.61 Å². The summed E-state index contributed by atoms with van der Waals surface area (Å²) in [5.74, 6) is 0.506. The Morgan fingerprint density at radius 1 is 0.969 bits per heavy atom. The Bertz CT molecular complexity index is 1080. The summed E-state index contributed by atoms with van der Waals surface area (Å²) in [6, 6.07) is 17.9. The van der Waals surface area contributed by atoms with Crippen molar-refractivity contribution in [3.63, 3.8) is 0 Å². The average molecular weight is 436 g/mol.